The molecule has 0 saturated carbocycles. The summed E-state index contributed by atoms with van der Waals surface area (Å²) < 4.78 is 28.6. The Morgan fingerprint density at radius 3 is 1.91 bits per heavy atom. The van der Waals surface area contributed by atoms with E-state index in [1.165, 1.54) is 83.2 Å². The van der Waals surface area contributed by atoms with Gasteiger partial charge >= 0.3 is 29.6 Å². The molecule has 2 aliphatic heterocycles. The van der Waals surface area contributed by atoms with E-state index >= 15 is 0 Å². The van der Waals surface area contributed by atoms with Gasteiger partial charge in [0.15, 0.2) is 5.78 Å². The van der Waals surface area contributed by atoms with Gasteiger partial charge in [-0.1, -0.05) is 97.5 Å². The fourth-order valence-electron chi connectivity index (χ4n) is 8.59. The molecule has 2 unspecified atom stereocenters. The second kappa shape index (κ2) is 46.2. The SMILES string of the molecule is C=C(/C=C(\C)C(C)N1CC=C(c2c(C)cc(C(C)=O)cc2F)CC1)/C(=C\C=NC)N(C)F.CC.CC.CC(=O)CCCC(C)=O.CCCC(CCC)CN1CCN(Cc2cc[c-]c(N(C)C(C)[O-])c2)CC1.CN/C(C)=C/C=O.[Na+]. The zero-order chi connectivity index (χ0) is 59.9. The number of nitrogens with zero attached hydrogens (tertiary/aromatic N) is 6. The maximum atomic E-state index is 14.7. The number of nitrogens with one attached hydrogen (secondary N) is 1. The van der Waals surface area contributed by atoms with Crippen molar-refractivity contribution >= 4 is 41.1 Å². The van der Waals surface area contributed by atoms with E-state index < -0.39 is 6.23 Å². The Morgan fingerprint density at radius 2 is 1.48 bits per heavy atom. The number of allylic oxidation sites excluding steroid dienone is 4. The molecule has 2 heterocycles. The number of piperazine rings is 1. The number of benzene rings is 2. The van der Waals surface area contributed by atoms with Crippen molar-refractivity contribution in [2.24, 2.45) is 10.9 Å². The standard InChI is InChI=1S/C26H33F2N3O.C22H37N3O.C7H12O2.C5H9NO.2C2H6.Na/c1-17(14-18(2)25(30(7)28)8-11-29-6)20(4)31-12-9-22(10-13-31)26-19(3)15-23(21(5)32)16-24(26)27;1-5-8-20(9-6-2)17-24-12-14-25(15-13-24)18-21-10-7-11-22(16-21)23(4)19(3)26;1-6(8)4-3-5-7(2)9;1-5(6-2)3-4-7;2*1-2;/h8-9,11,14-16,20H,2,10,12-13H2,1,3-7H3;7,10,16,19-20H,5-6,8-9,12-15,17-18H2,1-4H3;3-5H2,1-2H3;3-4,6H,1-2H3;2*1-2H3;/q;-2;;;;;+1/b17-14+,25-8+,29-11?;;;5-3+;;;. The second-order valence-electron chi connectivity index (χ2n) is 19.5. The summed E-state index contributed by atoms with van der Waals surface area (Å²) in [4.78, 5) is 55.0. The van der Waals surface area contributed by atoms with E-state index in [1.54, 1.807) is 51.9 Å². The smallest absolute Gasteiger partial charge is 0.836 e. The number of rotatable bonds is 24. The molecule has 79 heavy (non-hydrogen) atoms. The van der Waals surface area contributed by atoms with Crippen LogP contribution < -0.4 is 44.9 Å². The van der Waals surface area contributed by atoms with Gasteiger partial charge in [-0.25, -0.2) is 9.51 Å². The number of aldehydes is 1. The molecule has 440 valence electrons. The third-order valence-electron chi connectivity index (χ3n) is 13.2. The number of ketones is 3. The van der Waals surface area contributed by atoms with Crippen LogP contribution in [0.15, 0.2) is 88.7 Å². The first-order valence-electron chi connectivity index (χ1n) is 28.3. The molecule has 1 fully saturated rings. The molecule has 2 aromatic rings. The van der Waals surface area contributed by atoms with E-state index in [-0.39, 0.29) is 58.8 Å². The van der Waals surface area contributed by atoms with E-state index in [2.05, 4.69) is 76.6 Å². The predicted octanol–water partition coefficient (Wildman–Crippen LogP) is 9.38. The number of carbonyl (C=O) groups excluding carboxylic acids is 4. The van der Waals surface area contributed by atoms with Gasteiger partial charge in [0.1, 0.15) is 23.7 Å². The van der Waals surface area contributed by atoms with Gasteiger partial charge in [0, 0.05) is 122 Å². The van der Waals surface area contributed by atoms with Crippen LogP contribution in [0.2, 0.25) is 0 Å². The molecule has 0 spiro atoms. The van der Waals surface area contributed by atoms with Crippen LogP contribution >= 0.6 is 0 Å². The van der Waals surface area contributed by atoms with Crippen molar-refractivity contribution in [1.82, 2.24) is 25.1 Å². The Hall–Kier alpha value is -4.41. The molecule has 1 N–H and O–H groups in total. The Morgan fingerprint density at radius 1 is 0.911 bits per heavy atom. The van der Waals surface area contributed by atoms with Crippen LogP contribution in [0.25, 0.3) is 5.57 Å². The summed E-state index contributed by atoms with van der Waals surface area (Å²) in [6, 6.07) is 12.6. The summed E-state index contributed by atoms with van der Waals surface area (Å²) in [5, 5.41) is 15.0. The Kier molecular flexibility index (Phi) is 46.1. The van der Waals surface area contributed by atoms with Crippen LogP contribution in [0.3, 0.4) is 0 Å². The van der Waals surface area contributed by atoms with Crippen LogP contribution in [0.1, 0.15) is 168 Å². The zero-order valence-corrected chi connectivity index (χ0v) is 54.6. The first-order valence-corrected chi connectivity index (χ1v) is 28.3. The van der Waals surface area contributed by atoms with Crippen molar-refractivity contribution in [3.05, 3.63) is 118 Å². The number of Topliss-reactive ketones (excluding diaryl/α,β-unsaturated/α-hetero) is 3. The molecule has 0 aromatic heterocycles. The minimum absolute atomic E-state index is 0. The summed E-state index contributed by atoms with van der Waals surface area (Å²) in [6.45, 7) is 38.9. The molecule has 0 aliphatic carbocycles. The van der Waals surface area contributed by atoms with E-state index in [9.17, 15) is 33.2 Å². The van der Waals surface area contributed by atoms with Crippen molar-refractivity contribution in [2.75, 3.05) is 78.9 Å². The number of halogens is 2. The third-order valence-corrected chi connectivity index (χ3v) is 13.2. The molecule has 2 atom stereocenters. The fourth-order valence-corrected chi connectivity index (χ4v) is 8.59. The van der Waals surface area contributed by atoms with Gasteiger partial charge in [-0.2, -0.15) is 18.2 Å². The van der Waals surface area contributed by atoms with Crippen LogP contribution in [-0.2, 0) is 20.9 Å². The predicted molar refractivity (Wildman–Crippen MR) is 324 cm³/mol. The molecular formula is C64H103F2N7NaO5-. The van der Waals surface area contributed by atoms with Gasteiger partial charge in [0.2, 0.25) is 0 Å². The molecule has 2 aliphatic rings. The average Bonchev–Trinajstić information content (AvgIpc) is 3.40. The van der Waals surface area contributed by atoms with E-state index in [4.69, 9.17) is 0 Å². The van der Waals surface area contributed by atoms with Crippen molar-refractivity contribution in [2.45, 2.75) is 167 Å². The number of likely N-dealkylation sites (N-methyl/N-ethyl adjacent to an activating group) is 1. The quantitative estimate of drug-likeness (QED) is 0.0124. The largest absolute Gasteiger partial charge is 1.00 e. The van der Waals surface area contributed by atoms with E-state index in [1.807, 2.05) is 67.7 Å². The fraction of sp³-hybridized carbons (Fsp3) is 0.578. The van der Waals surface area contributed by atoms with Crippen molar-refractivity contribution in [3.8, 4) is 0 Å². The first kappa shape index (κ1) is 78.8. The van der Waals surface area contributed by atoms with Gasteiger partial charge < -0.3 is 29.8 Å². The number of aliphatic imine (C=N–C) groups is 1. The first-order chi connectivity index (χ1) is 37.0. The number of anilines is 1. The summed E-state index contributed by atoms with van der Waals surface area (Å²) in [5.74, 6) is 0.709. The molecule has 2 aromatic carbocycles. The summed E-state index contributed by atoms with van der Waals surface area (Å²) >= 11 is 0. The van der Waals surface area contributed by atoms with Crippen LogP contribution in [0.4, 0.5) is 14.6 Å². The molecule has 0 amide bonds. The molecule has 0 radical (unpaired) electrons. The average molecular weight is 1110 g/mol. The molecule has 1 saturated heterocycles. The number of carbonyl (C=O) groups is 4. The summed E-state index contributed by atoms with van der Waals surface area (Å²) in [7, 11) is 6.57. The topological polar surface area (TPSA) is 132 Å². The van der Waals surface area contributed by atoms with Crippen LogP contribution in [0, 0.1) is 24.7 Å². The molecule has 12 nitrogen and oxygen atoms in total. The Labute approximate surface area is 500 Å². The number of aryl methyl sites for hydroxylation is 1. The second-order valence-corrected chi connectivity index (χ2v) is 19.5. The van der Waals surface area contributed by atoms with Gasteiger partial charge in [-0.3, -0.25) is 24.4 Å². The van der Waals surface area contributed by atoms with Crippen molar-refractivity contribution in [3.63, 3.8) is 0 Å². The van der Waals surface area contributed by atoms with Gasteiger partial charge in [0.25, 0.3) is 0 Å². The van der Waals surface area contributed by atoms with Gasteiger partial charge in [0.05, 0.1) is 5.70 Å². The summed E-state index contributed by atoms with van der Waals surface area (Å²) in [5.41, 5.74) is 7.76. The molecule has 15 heteroatoms. The summed E-state index contributed by atoms with van der Waals surface area (Å²) in [6.07, 6.45) is 16.4. The van der Waals surface area contributed by atoms with Crippen molar-refractivity contribution < 1.29 is 62.7 Å². The van der Waals surface area contributed by atoms with Crippen LogP contribution in [-0.4, -0.2) is 136 Å². The van der Waals surface area contributed by atoms with Gasteiger partial charge in [-0.05, 0) is 121 Å². The zero-order valence-electron chi connectivity index (χ0n) is 52.6. The maximum absolute atomic E-state index is 14.7. The maximum Gasteiger partial charge on any atom is 1.00 e. The minimum Gasteiger partial charge on any atom is -0.836 e. The molecule has 4 rings (SSSR count). The third kappa shape index (κ3) is 33.2. The van der Waals surface area contributed by atoms with Crippen LogP contribution in [0.5, 0.6) is 0 Å². The van der Waals surface area contributed by atoms with E-state index in [0.717, 1.165) is 66.5 Å². The van der Waals surface area contributed by atoms with E-state index in [0.29, 0.717) is 59.7 Å². The normalized spacial score (nSPS) is 14.8. The molecular weight excluding hydrogens is 1010 g/mol. The Bertz CT molecular complexity index is 2190. The van der Waals surface area contributed by atoms with Crippen molar-refractivity contribution in [1.29, 1.82) is 0 Å². The Balaban J connectivity index is -0.00000109. The number of hydrogen-bond acceptors (Lipinski definition) is 12. The monoisotopic (exact) mass is 1110 g/mol. The number of hydrogen-bond donors (Lipinski definition) is 1. The minimum atomic E-state index is -0.746. The molecule has 0 bridgehead atoms. The van der Waals surface area contributed by atoms with Gasteiger partial charge in [-0.15, -0.1) is 16.1 Å².